The summed E-state index contributed by atoms with van der Waals surface area (Å²) >= 11 is 6.20. The van der Waals surface area contributed by atoms with Crippen LogP contribution in [0.4, 0.5) is 0 Å². The largest absolute Gasteiger partial charge is 0.395 e. The van der Waals surface area contributed by atoms with Crippen LogP contribution in [-0.4, -0.2) is 49.0 Å². The van der Waals surface area contributed by atoms with Gasteiger partial charge in [-0.15, -0.1) is 0 Å². The van der Waals surface area contributed by atoms with E-state index in [1.165, 1.54) is 5.56 Å². The van der Waals surface area contributed by atoms with Crippen molar-refractivity contribution in [3.63, 3.8) is 0 Å². The molecule has 0 atom stereocenters. The Morgan fingerprint density at radius 2 is 1.91 bits per heavy atom. The van der Waals surface area contributed by atoms with Gasteiger partial charge in [-0.3, -0.25) is 14.3 Å². The van der Waals surface area contributed by atoms with Crippen LogP contribution in [0.1, 0.15) is 36.5 Å². The first kappa shape index (κ1) is 25.1. The van der Waals surface area contributed by atoms with Crippen molar-refractivity contribution in [2.75, 3.05) is 19.7 Å². The molecule has 5 rings (SSSR count). The zero-order valence-electron chi connectivity index (χ0n) is 20.3. The van der Waals surface area contributed by atoms with Gasteiger partial charge in [0.2, 0.25) is 0 Å². The third-order valence-corrected chi connectivity index (χ3v) is 6.37. The highest BCUT2D eigenvalue weighted by atomic mass is 35.5. The summed E-state index contributed by atoms with van der Waals surface area (Å²) in [5.41, 5.74) is 11.0. The number of fused-ring (bicyclic) bond motifs is 2. The Morgan fingerprint density at radius 3 is 2.63 bits per heavy atom. The number of rotatable bonds is 5. The van der Waals surface area contributed by atoms with Gasteiger partial charge in [0.1, 0.15) is 17.0 Å². The molecule has 2 aromatic heterocycles. The highest BCUT2D eigenvalue weighted by molar-refractivity contribution is 6.30. The number of aromatic nitrogens is 4. The van der Waals surface area contributed by atoms with Crippen molar-refractivity contribution in [2.24, 2.45) is 5.73 Å². The number of halogens is 1. The van der Waals surface area contributed by atoms with Crippen molar-refractivity contribution in [1.82, 2.24) is 24.2 Å². The molecule has 0 radical (unpaired) electrons. The summed E-state index contributed by atoms with van der Waals surface area (Å²) < 4.78 is 3.20. The standard InChI is InChI=1S/C24H25ClN6O2.C2H6/c1-15-27-22-21(13-26)28-31(20-4-2-3-18(25)12-20)23(22)24(33)30(15)19-6-5-16-7-8-29(9-10-32)14-17(16)11-19;1-2/h2-6,11-12,32H,7-10,13-14,26H2,1H3;1-2H3. The zero-order chi connectivity index (χ0) is 25.1. The van der Waals surface area contributed by atoms with Crippen LogP contribution in [0.15, 0.2) is 47.3 Å². The van der Waals surface area contributed by atoms with Crippen LogP contribution in [-0.2, 0) is 19.5 Å². The molecule has 0 fully saturated rings. The fourth-order valence-electron chi connectivity index (χ4n) is 4.54. The average Bonchev–Trinajstić information content (AvgIpc) is 3.24. The van der Waals surface area contributed by atoms with E-state index in [1.54, 1.807) is 21.4 Å². The van der Waals surface area contributed by atoms with Crippen LogP contribution in [0.5, 0.6) is 0 Å². The normalized spacial score (nSPS) is 13.4. The highest BCUT2D eigenvalue weighted by Gasteiger charge is 2.22. The van der Waals surface area contributed by atoms with Gasteiger partial charge in [0, 0.05) is 31.2 Å². The number of hydrogen-bond donors (Lipinski definition) is 2. The molecule has 9 heteroatoms. The smallest absolute Gasteiger partial charge is 0.284 e. The van der Waals surface area contributed by atoms with Crippen LogP contribution < -0.4 is 11.3 Å². The van der Waals surface area contributed by atoms with Crippen molar-refractivity contribution >= 4 is 22.6 Å². The van der Waals surface area contributed by atoms with E-state index in [0.29, 0.717) is 39.8 Å². The van der Waals surface area contributed by atoms with E-state index in [2.05, 4.69) is 16.1 Å². The lowest BCUT2D eigenvalue weighted by Gasteiger charge is -2.28. The quantitative estimate of drug-likeness (QED) is 0.441. The fourth-order valence-corrected chi connectivity index (χ4v) is 4.72. The van der Waals surface area contributed by atoms with Crippen molar-refractivity contribution in [3.05, 3.63) is 80.5 Å². The number of β-amino-alcohol motifs (C(OH)–C–C–N with tert-alkyl or cyclic N) is 1. The van der Waals surface area contributed by atoms with Crippen LogP contribution in [0.2, 0.25) is 5.02 Å². The van der Waals surface area contributed by atoms with Gasteiger partial charge in [0.15, 0.2) is 5.52 Å². The monoisotopic (exact) mass is 494 g/mol. The maximum absolute atomic E-state index is 13.8. The predicted octanol–water partition coefficient (Wildman–Crippen LogP) is 3.37. The van der Waals surface area contributed by atoms with Gasteiger partial charge in [0.05, 0.1) is 18.0 Å². The average molecular weight is 495 g/mol. The van der Waals surface area contributed by atoms with Crippen LogP contribution >= 0.6 is 11.6 Å². The Kier molecular flexibility index (Phi) is 7.66. The number of hydrogen-bond acceptors (Lipinski definition) is 6. The topological polar surface area (TPSA) is 102 Å². The SMILES string of the molecule is CC.Cc1nc2c(CN)nn(-c3cccc(Cl)c3)c2c(=O)n1-c1ccc2c(c1)CN(CCO)CC2. The van der Waals surface area contributed by atoms with E-state index in [-0.39, 0.29) is 18.7 Å². The first-order valence-electron chi connectivity index (χ1n) is 11.9. The summed E-state index contributed by atoms with van der Waals surface area (Å²) in [5.74, 6) is 0.566. The first-order valence-corrected chi connectivity index (χ1v) is 12.3. The molecular formula is C26H31ClN6O2. The number of aliphatic hydroxyl groups excluding tert-OH is 1. The maximum Gasteiger partial charge on any atom is 0.284 e. The minimum absolute atomic E-state index is 0.130. The van der Waals surface area contributed by atoms with E-state index >= 15 is 0 Å². The molecule has 8 nitrogen and oxygen atoms in total. The molecule has 0 saturated carbocycles. The molecule has 2 aromatic carbocycles. The lowest BCUT2D eigenvalue weighted by atomic mass is 9.99. The number of aryl methyl sites for hydroxylation is 1. The van der Waals surface area contributed by atoms with E-state index in [1.807, 2.05) is 45.0 Å². The van der Waals surface area contributed by atoms with E-state index in [9.17, 15) is 9.90 Å². The van der Waals surface area contributed by atoms with Crippen LogP contribution in [0.25, 0.3) is 22.4 Å². The molecule has 0 bridgehead atoms. The molecule has 3 N–H and O–H groups in total. The highest BCUT2D eigenvalue weighted by Crippen LogP contribution is 2.24. The summed E-state index contributed by atoms with van der Waals surface area (Å²) in [6, 6.07) is 13.3. The number of nitrogens with two attached hydrogens (primary N) is 1. The Hall–Kier alpha value is -3.04. The third-order valence-electron chi connectivity index (χ3n) is 6.13. The van der Waals surface area contributed by atoms with E-state index < -0.39 is 0 Å². The molecule has 0 spiro atoms. The van der Waals surface area contributed by atoms with Crippen molar-refractivity contribution in [1.29, 1.82) is 0 Å². The lowest BCUT2D eigenvalue weighted by molar-refractivity contribution is 0.184. The Bertz CT molecular complexity index is 1410. The molecule has 1 aliphatic heterocycles. The molecule has 184 valence electrons. The van der Waals surface area contributed by atoms with Gasteiger partial charge in [-0.05, 0) is 54.8 Å². The molecule has 3 heterocycles. The second-order valence-corrected chi connectivity index (χ2v) is 8.68. The molecular weight excluding hydrogens is 464 g/mol. The van der Waals surface area contributed by atoms with Crippen LogP contribution in [0.3, 0.4) is 0 Å². The zero-order valence-corrected chi connectivity index (χ0v) is 21.1. The second kappa shape index (κ2) is 10.7. The molecule has 35 heavy (non-hydrogen) atoms. The number of benzene rings is 2. The van der Waals surface area contributed by atoms with Crippen LogP contribution in [0, 0.1) is 6.92 Å². The summed E-state index contributed by atoms with van der Waals surface area (Å²) in [4.78, 5) is 20.8. The summed E-state index contributed by atoms with van der Waals surface area (Å²) in [5, 5.41) is 14.4. The lowest BCUT2D eigenvalue weighted by Crippen LogP contribution is -2.33. The second-order valence-electron chi connectivity index (χ2n) is 8.24. The van der Waals surface area contributed by atoms with Gasteiger partial charge < -0.3 is 10.8 Å². The predicted molar refractivity (Wildman–Crippen MR) is 140 cm³/mol. The summed E-state index contributed by atoms with van der Waals surface area (Å²) in [7, 11) is 0. The Labute approximate surface area is 209 Å². The summed E-state index contributed by atoms with van der Waals surface area (Å²) in [6.07, 6.45) is 0.919. The number of nitrogens with zero attached hydrogens (tertiary/aromatic N) is 5. The maximum atomic E-state index is 13.8. The van der Waals surface area contributed by atoms with Gasteiger partial charge in [-0.1, -0.05) is 37.6 Å². The van der Waals surface area contributed by atoms with Gasteiger partial charge in [0.25, 0.3) is 5.56 Å². The van der Waals surface area contributed by atoms with Crippen molar-refractivity contribution < 1.29 is 5.11 Å². The molecule has 0 aliphatic carbocycles. The van der Waals surface area contributed by atoms with Crippen molar-refractivity contribution in [3.8, 4) is 11.4 Å². The minimum atomic E-state index is -0.215. The molecule has 1 aliphatic rings. The Morgan fingerprint density at radius 1 is 1.11 bits per heavy atom. The third kappa shape index (κ3) is 4.75. The molecule has 0 amide bonds. The van der Waals surface area contributed by atoms with Gasteiger partial charge in [-0.2, -0.15) is 5.10 Å². The number of aliphatic hydroxyl groups is 1. The molecule has 4 aromatic rings. The van der Waals surface area contributed by atoms with Crippen molar-refractivity contribution in [2.45, 2.75) is 40.3 Å². The van der Waals surface area contributed by atoms with Gasteiger partial charge in [-0.25, -0.2) is 9.67 Å². The van der Waals surface area contributed by atoms with E-state index in [4.69, 9.17) is 22.3 Å². The first-order chi connectivity index (χ1) is 17.0. The molecule has 0 unspecified atom stereocenters. The van der Waals surface area contributed by atoms with Gasteiger partial charge >= 0.3 is 0 Å². The van der Waals surface area contributed by atoms with E-state index in [0.717, 1.165) is 30.8 Å². The summed E-state index contributed by atoms with van der Waals surface area (Å²) in [6.45, 7) is 8.40. The minimum Gasteiger partial charge on any atom is -0.395 e. The molecule has 0 saturated heterocycles. The Balaban J connectivity index is 0.00000141. The fraction of sp³-hybridized carbons (Fsp3) is 0.346.